The Bertz CT molecular complexity index is 730. The van der Waals surface area contributed by atoms with E-state index < -0.39 is 29.1 Å². The number of nitrogens with zero attached hydrogens (tertiary/aromatic N) is 1. The minimum absolute atomic E-state index is 0.0229. The fourth-order valence-corrected chi connectivity index (χ4v) is 6.46. The molecule has 4 heteroatoms. The molecule has 144 valence electrons. The molecule has 4 aliphatic rings. The molecule has 0 heterocycles. The third-order valence-corrected chi connectivity index (χ3v) is 8.20. The first-order valence-electron chi connectivity index (χ1n) is 11.1. The highest BCUT2D eigenvalue weighted by molar-refractivity contribution is 5.29. The maximum absolute atomic E-state index is 11.3. The quantitative estimate of drug-likeness (QED) is 0.598. The van der Waals surface area contributed by atoms with Crippen molar-refractivity contribution in [3.63, 3.8) is 0 Å². The Labute approximate surface area is 160 Å². The maximum Gasteiger partial charge on any atom is 0.171 e. The number of hydrogen-bond donors (Lipinski definition) is 1. The van der Waals surface area contributed by atoms with Crippen molar-refractivity contribution in [1.29, 1.82) is 5.26 Å². The van der Waals surface area contributed by atoms with Crippen molar-refractivity contribution in [2.24, 2.45) is 23.1 Å². The summed E-state index contributed by atoms with van der Waals surface area (Å²) in [5.41, 5.74) is 0.982. The average Bonchev–Trinajstić information content (AvgIpc) is 2.84. The van der Waals surface area contributed by atoms with Gasteiger partial charge in [-0.1, -0.05) is 18.1 Å². The van der Waals surface area contributed by atoms with Gasteiger partial charge in [-0.05, 0) is 62.7 Å². The maximum atomic E-state index is 11.3. The van der Waals surface area contributed by atoms with Crippen molar-refractivity contribution in [2.45, 2.75) is 82.5 Å². The van der Waals surface area contributed by atoms with Crippen LogP contribution in [0.15, 0.2) is 11.1 Å². The van der Waals surface area contributed by atoms with Gasteiger partial charge in [0.15, 0.2) is 5.79 Å². The molecule has 0 spiro atoms. The van der Waals surface area contributed by atoms with E-state index in [1.54, 1.807) is 14.2 Å². The second-order valence-corrected chi connectivity index (χ2v) is 8.98. The highest BCUT2D eigenvalue weighted by atomic mass is 16.7. The number of nitriles is 1. The van der Waals surface area contributed by atoms with Crippen LogP contribution >= 0.6 is 0 Å². The molecule has 6 atom stereocenters. The van der Waals surface area contributed by atoms with Crippen molar-refractivity contribution in [3.05, 3.63) is 11.1 Å². The number of ether oxygens (including phenoxy) is 2. The Balaban J connectivity index is 1.70. The van der Waals surface area contributed by atoms with Gasteiger partial charge in [-0.2, -0.15) is 5.26 Å². The third kappa shape index (κ3) is 2.44. The van der Waals surface area contributed by atoms with E-state index in [2.05, 4.69) is 6.07 Å². The van der Waals surface area contributed by atoms with E-state index in [4.69, 9.17) is 10.8 Å². The van der Waals surface area contributed by atoms with Gasteiger partial charge in [0.2, 0.25) is 0 Å². The second kappa shape index (κ2) is 6.33. The molecule has 1 N–H and O–H groups in total. The minimum Gasteiger partial charge on any atom is -0.388 e. The van der Waals surface area contributed by atoms with Gasteiger partial charge in [-0.25, -0.2) is 0 Å². The first-order chi connectivity index (χ1) is 13.2. The zero-order chi connectivity index (χ0) is 20.4. The van der Waals surface area contributed by atoms with Crippen LogP contribution < -0.4 is 0 Å². The van der Waals surface area contributed by atoms with Crippen LogP contribution in [-0.4, -0.2) is 30.7 Å². The lowest BCUT2D eigenvalue weighted by atomic mass is 9.52. The van der Waals surface area contributed by atoms with Crippen LogP contribution in [-0.2, 0) is 9.47 Å². The predicted molar refractivity (Wildman–Crippen MR) is 99.1 cm³/mol. The SMILES string of the molecule is [3H][C@H]1C[C@@](O)(CC#N)[C@@]2(C)CC[C@@H]3C4=C(CC[C@H]3[C@]12[3H])CC(OC)(OC)CC4. The van der Waals surface area contributed by atoms with Gasteiger partial charge in [0.05, 0.1) is 18.1 Å². The van der Waals surface area contributed by atoms with E-state index in [1.165, 1.54) is 11.1 Å². The summed E-state index contributed by atoms with van der Waals surface area (Å²) >= 11 is 0. The molecule has 0 aromatic rings. The number of methoxy groups -OCH3 is 2. The fraction of sp³-hybridized carbons (Fsp3) is 0.864. The number of aliphatic hydroxyl groups is 1. The van der Waals surface area contributed by atoms with Crippen LogP contribution in [0.25, 0.3) is 0 Å². The van der Waals surface area contributed by atoms with E-state index in [9.17, 15) is 11.7 Å². The van der Waals surface area contributed by atoms with Crippen molar-refractivity contribution in [3.8, 4) is 6.07 Å². The lowest BCUT2D eigenvalue weighted by molar-refractivity contribution is -0.213. The Morgan fingerprint density at radius 2 is 2.04 bits per heavy atom. The highest BCUT2D eigenvalue weighted by Crippen LogP contribution is 2.65. The van der Waals surface area contributed by atoms with Gasteiger partial charge in [-0.15, -0.1) is 0 Å². The largest absolute Gasteiger partial charge is 0.388 e. The molecule has 4 rings (SSSR count). The van der Waals surface area contributed by atoms with Gasteiger partial charge < -0.3 is 14.6 Å². The van der Waals surface area contributed by atoms with Crippen LogP contribution in [0, 0.1) is 34.5 Å². The number of rotatable bonds is 3. The summed E-state index contributed by atoms with van der Waals surface area (Å²) in [5.74, 6) is -1.13. The molecule has 4 nitrogen and oxygen atoms in total. The van der Waals surface area contributed by atoms with Gasteiger partial charge in [0, 0.05) is 35.2 Å². The molecule has 0 radical (unpaired) electrons. The molecule has 0 amide bonds. The molecular formula is C22H33NO3. The van der Waals surface area contributed by atoms with E-state index in [1.807, 2.05) is 6.92 Å². The summed E-state index contributed by atoms with van der Waals surface area (Å²) in [6, 6.07) is 2.13. The molecule has 0 aliphatic heterocycles. The Hall–Kier alpha value is -0.890. The van der Waals surface area contributed by atoms with Crippen LogP contribution in [0.5, 0.6) is 0 Å². The normalized spacial score (nSPS) is 50.8. The highest BCUT2D eigenvalue weighted by Gasteiger charge is 2.61. The van der Waals surface area contributed by atoms with Gasteiger partial charge in [-0.3, -0.25) is 0 Å². The smallest absolute Gasteiger partial charge is 0.171 e. The predicted octanol–water partition coefficient (Wildman–Crippen LogP) is 4.34. The topological polar surface area (TPSA) is 62.5 Å². The summed E-state index contributed by atoms with van der Waals surface area (Å²) in [6.07, 6.45) is 5.62. The third-order valence-electron chi connectivity index (χ3n) is 8.20. The van der Waals surface area contributed by atoms with Crippen LogP contribution in [0.2, 0.25) is 0 Å². The van der Waals surface area contributed by atoms with E-state index in [-0.39, 0.29) is 18.8 Å². The Kier molecular flexibility index (Phi) is 3.92. The first-order valence-corrected chi connectivity index (χ1v) is 10.0. The van der Waals surface area contributed by atoms with E-state index >= 15 is 0 Å². The van der Waals surface area contributed by atoms with Crippen molar-refractivity contribution >= 4 is 0 Å². The summed E-state index contributed by atoms with van der Waals surface area (Å²) in [5, 5.41) is 20.6. The minimum atomic E-state index is -1.22. The standard InChI is InChI=1S/C22H33NO3/c1-20-9-6-17-16-7-11-22(25-2,26-3)14-15(16)4-5-18(17)19(20)8-10-21(20,24)12-13-23/h17-19,24H,4-12,14H2,1-3H3/t17-,18-,19+,20+,21-/m1/s1/i8T,19T/t8-,17+,18+,19-,20-,21+/m0. The molecule has 0 aromatic carbocycles. The van der Waals surface area contributed by atoms with Gasteiger partial charge in [0.1, 0.15) is 0 Å². The molecule has 0 saturated heterocycles. The molecular weight excluding hydrogens is 326 g/mol. The molecule has 4 aliphatic carbocycles. The zero-order valence-electron chi connectivity index (χ0n) is 18.3. The van der Waals surface area contributed by atoms with E-state index in [0.717, 1.165) is 38.5 Å². The lowest BCUT2D eigenvalue weighted by Crippen LogP contribution is -2.51. The zero-order valence-corrected chi connectivity index (χ0v) is 16.3. The summed E-state index contributed by atoms with van der Waals surface area (Å²) < 4.78 is 29.7. The molecule has 0 aromatic heterocycles. The molecule has 26 heavy (non-hydrogen) atoms. The second-order valence-electron chi connectivity index (χ2n) is 8.98. The fourth-order valence-electron chi connectivity index (χ4n) is 6.46. The summed E-state index contributed by atoms with van der Waals surface area (Å²) in [6.45, 7) is 1.98. The molecule has 0 unspecified atom stereocenters. The van der Waals surface area contributed by atoms with Crippen molar-refractivity contribution in [1.82, 2.24) is 0 Å². The van der Waals surface area contributed by atoms with Crippen LogP contribution in [0.1, 0.15) is 73.8 Å². The van der Waals surface area contributed by atoms with E-state index in [0.29, 0.717) is 12.3 Å². The van der Waals surface area contributed by atoms with Gasteiger partial charge in [0.25, 0.3) is 0 Å². The van der Waals surface area contributed by atoms with Gasteiger partial charge >= 0.3 is 0 Å². The number of hydrogen-bond acceptors (Lipinski definition) is 4. The molecule has 2 saturated carbocycles. The first kappa shape index (κ1) is 16.1. The molecule has 0 bridgehead atoms. The number of allylic oxidation sites excluding steroid dienone is 1. The van der Waals surface area contributed by atoms with Crippen LogP contribution in [0.4, 0.5) is 0 Å². The monoisotopic (exact) mass is 363 g/mol. The number of fused-ring (bicyclic) bond motifs is 4. The summed E-state index contributed by atoms with van der Waals surface area (Å²) in [4.78, 5) is 0. The Morgan fingerprint density at radius 3 is 2.73 bits per heavy atom. The molecule has 2 fully saturated rings. The Morgan fingerprint density at radius 1 is 1.27 bits per heavy atom. The van der Waals surface area contributed by atoms with Crippen LogP contribution in [0.3, 0.4) is 0 Å². The lowest BCUT2D eigenvalue weighted by Gasteiger charge is -2.54. The van der Waals surface area contributed by atoms with Crippen molar-refractivity contribution < 1.29 is 17.3 Å². The van der Waals surface area contributed by atoms with Crippen molar-refractivity contribution in [2.75, 3.05) is 14.2 Å². The average molecular weight is 364 g/mol. The summed E-state index contributed by atoms with van der Waals surface area (Å²) in [7, 11) is 3.43.